The van der Waals surface area contributed by atoms with Gasteiger partial charge in [-0.25, -0.2) is 0 Å². The predicted octanol–water partition coefficient (Wildman–Crippen LogP) is 2.96. The SMILES string of the molecule is Cc1nn(C)c(N(C)C)c1CNC1CCCc2ccccc21. The molecule has 1 aromatic heterocycles. The van der Waals surface area contributed by atoms with Gasteiger partial charge in [0.05, 0.1) is 5.69 Å². The second-order valence-electron chi connectivity index (χ2n) is 6.43. The molecule has 0 saturated carbocycles. The molecule has 4 heteroatoms. The van der Waals surface area contributed by atoms with Crippen LogP contribution in [0.1, 0.15) is 41.3 Å². The maximum absolute atomic E-state index is 4.58. The summed E-state index contributed by atoms with van der Waals surface area (Å²) in [4.78, 5) is 2.14. The Morgan fingerprint density at radius 2 is 2.09 bits per heavy atom. The van der Waals surface area contributed by atoms with E-state index < -0.39 is 0 Å². The van der Waals surface area contributed by atoms with Crippen molar-refractivity contribution < 1.29 is 0 Å². The zero-order chi connectivity index (χ0) is 15.7. The molecule has 0 fully saturated rings. The molecule has 1 heterocycles. The van der Waals surface area contributed by atoms with Crippen LogP contribution >= 0.6 is 0 Å². The Morgan fingerprint density at radius 3 is 2.86 bits per heavy atom. The smallest absolute Gasteiger partial charge is 0.130 e. The van der Waals surface area contributed by atoms with Crippen molar-refractivity contribution in [1.29, 1.82) is 0 Å². The fourth-order valence-electron chi connectivity index (χ4n) is 3.65. The molecular weight excluding hydrogens is 272 g/mol. The molecule has 1 aliphatic rings. The van der Waals surface area contributed by atoms with Gasteiger partial charge in [0.2, 0.25) is 0 Å². The van der Waals surface area contributed by atoms with Crippen LogP contribution in [0.5, 0.6) is 0 Å². The van der Waals surface area contributed by atoms with Crippen LogP contribution in [0.4, 0.5) is 5.82 Å². The Morgan fingerprint density at radius 1 is 1.32 bits per heavy atom. The molecule has 0 spiro atoms. The molecule has 3 rings (SSSR count). The molecule has 2 aromatic rings. The predicted molar refractivity (Wildman–Crippen MR) is 91.2 cm³/mol. The van der Waals surface area contributed by atoms with Gasteiger partial charge >= 0.3 is 0 Å². The van der Waals surface area contributed by atoms with Gasteiger partial charge in [-0.3, -0.25) is 4.68 Å². The molecule has 1 aliphatic carbocycles. The highest BCUT2D eigenvalue weighted by molar-refractivity contribution is 5.49. The topological polar surface area (TPSA) is 33.1 Å². The minimum absolute atomic E-state index is 0.458. The fourth-order valence-corrected chi connectivity index (χ4v) is 3.65. The van der Waals surface area contributed by atoms with Crippen molar-refractivity contribution in [2.24, 2.45) is 7.05 Å². The number of nitrogens with one attached hydrogen (secondary N) is 1. The fraction of sp³-hybridized carbons (Fsp3) is 0.500. The molecule has 1 N–H and O–H groups in total. The number of hydrogen-bond donors (Lipinski definition) is 1. The zero-order valence-corrected chi connectivity index (χ0v) is 14.1. The Labute approximate surface area is 133 Å². The van der Waals surface area contributed by atoms with E-state index in [0.29, 0.717) is 6.04 Å². The van der Waals surface area contributed by atoms with E-state index in [1.165, 1.54) is 41.8 Å². The summed E-state index contributed by atoms with van der Waals surface area (Å²) >= 11 is 0. The molecule has 1 aromatic carbocycles. The lowest BCUT2D eigenvalue weighted by atomic mass is 9.87. The van der Waals surface area contributed by atoms with E-state index >= 15 is 0 Å². The van der Waals surface area contributed by atoms with Gasteiger partial charge < -0.3 is 10.2 Å². The van der Waals surface area contributed by atoms with Gasteiger partial charge in [0.25, 0.3) is 0 Å². The second-order valence-corrected chi connectivity index (χ2v) is 6.43. The molecule has 0 aliphatic heterocycles. The van der Waals surface area contributed by atoms with E-state index in [-0.39, 0.29) is 0 Å². The molecule has 0 radical (unpaired) electrons. The van der Waals surface area contributed by atoms with Crippen molar-refractivity contribution in [3.8, 4) is 0 Å². The first-order valence-electron chi connectivity index (χ1n) is 8.09. The molecule has 0 amide bonds. The normalized spacial score (nSPS) is 17.4. The molecule has 0 bridgehead atoms. The van der Waals surface area contributed by atoms with Crippen molar-refractivity contribution in [3.05, 3.63) is 46.6 Å². The third-order valence-corrected chi connectivity index (χ3v) is 4.63. The summed E-state index contributed by atoms with van der Waals surface area (Å²) in [6.45, 7) is 2.96. The van der Waals surface area contributed by atoms with E-state index in [4.69, 9.17) is 0 Å². The van der Waals surface area contributed by atoms with Crippen LogP contribution in [0.2, 0.25) is 0 Å². The van der Waals surface area contributed by atoms with Gasteiger partial charge in [-0.15, -0.1) is 0 Å². The van der Waals surface area contributed by atoms with E-state index in [1.54, 1.807) is 0 Å². The Kier molecular flexibility index (Phi) is 4.21. The molecule has 0 saturated heterocycles. The molecule has 22 heavy (non-hydrogen) atoms. The van der Waals surface area contributed by atoms with Gasteiger partial charge in [0.15, 0.2) is 0 Å². The van der Waals surface area contributed by atoms with Gasteiger partial charge in [0.1, 0.15) is 5.82 Å². The first-order chi connectivity index (χ1) is 10.6. The third kappa shape index (κ3) is 2.75. The van der Waals surface area contributed by atoms with Gasteiger partial charge in [-0.2, -0.15) is 5.10 Å². The highest BCUT2D eigenvalue weighted by Gasteiger charge is 2.21. The zero-order valence-electron chi connectivity index (χ0n) is 14.1. The molecule has 118 valence electrons. The number of anilines is 1. The summed E-state index contributed by atoms with van der Waals surface area (Å²) in [6, 6.07) is 9.30. The summed E-state index contributed by atoms with van der Waals surface area (Å²) in [5, 5.41) is 8.34. The molecule has 4 nitrogen and oxygen atoms in total. The van der Waals surface area contributed by atoms with E-state index in [1.807, 2.05) is 11.7 Å². The lowest BCUT2D eigenvalue weighted by Crippen LogP contribution is -2.26. The number of aromatic nitrogens is 2. The first kappa shape index (κ1) is 15.1. The third-order valence-electron chi connectivity index (χ3n) is 4.63. The molecule has 1 atom stereocenters. The Hall–Kier alpha value is -1.81. The first-order valence-corrected chi connectivity index (χ1v) is 8.09. The summed E-state index contributed by atoms with van der Waals surface area (Å²) in [5.74, 6) is 1.19. The maximum atomic E-state index is 4.58. The van der Waals surface area contributed by atoms with Crippen molar-refractivity contribution in [1.82, 2.24) is 15.1 Å². The van der Waals surface area contributed by atoms with Crippen molar-refractivity contribution >= 4 is 5.82 Å². The van der Waals surface area contributed by atoms with Crippen molar-refractivity contribution in [2.75, 3.05) is 19.0 Å². The van der Waals surface area contributed by atoms with Crippen LogP contribution in [-0.2, 0) is 20.0 Å². The quantitative estimate of drug-likeness (QED) is 0.942. The van der Waals surface area contributed by atoms with Crippen LogP contribution in [0.25, 0.3) is 0 Å². The Bertz CT molecular complexity index is 657. The maximum Gasteiger partial charge on any atom is 0.130 e. The number of fused-ring (bicyclic) bond motifs is 1. The highest BCUT2D eigenvalue weighted by atomic mass is 15.4. The Balaban J connectivity index is 1.80. The lowest BCUT2D eigenvalue weighted by molar-refractivity contribution is 0.458. The average Bonchev–Trinajstić information content (AvgIpc) is 2.79. The van der Waals surface area contributed by atoms with Crippen LogP contribution in [0.3, 0.4) is 0 Å². The van der Waals surface area contributed by atoms with Gasteiger partial charge in [-0.1, -0.05) is 24.3 Å². The average molecular weight is 298 g/mol. The number of benzene rings is 1. The molecular formula is C18H26N4. The van der Waals surface area contributed by atoms with Crippen molar-refractivity contribution in [2.45, 2.75) is 38.8 Å². The second kappa shape index (κ2) is 6.13. The number of rotatable bonds is 4. The lowest BCUT2D eigenvalue weighted by Gasteiger charge is -2.27. The van der Waals surface area contributed by atoms with Crippen molar-refractivity contribution in [3.63, 3.8) is 0 Å². The van der Waals surface area contributed by atoms with Crippen LogP contribution in [-0.4, -0.2) is 23.9 Å². The van der Waals surface area contributed by atoms with Crippen LogP contribution in [0.15, 0.2) is 24.3 Å². The van der Waals surface area contributed by atoms with E-state index in [0.717, 1.165) is 12.2 Å². The highest BCUT2D eigenvalue weighted by Crippen LogP contribution is 2.30. The number of aryl methyl sites for hydroxylation is 3. The molecule has 1 unspecified atom stereocenters. The summed E-state index contributed by atoms with van der Waals surface area (Å²) in [6.07, 6.45) is 3.69. The monoisotopic (exact) mass is 298 g/mol. The van der Waals surface area contributed by atoms with Gasteiger partial charge in [-0.05, 0) is 37.3 Å². The minimum atomic E-state index is 0.458. The number of nitrogens with zero attached hydrogens (tertiary/aromatic N) is 3. The van der Waals surface area contributed by atoms with Gasteiger partial charge in [0, 0.05) is 39.3 Å². The van der Waals surface area contributed by atoms with E-state index in [2.05, 4.69) is 60.6 Å². The summed E-state index contributed by atoms with van der Waals surface area (Å²) < 4.78 is 1.97. The summed E-state index contributed by atoms with van der Waals surface area (Å²) in [7, 11) is 6.17. The van der Waals surface area contributed by atoms with Crippen LogP contribution in [0, 0.1) is 6.92 Å². The largest absolute Gasteiger partial charge is 0.363 e. The van der Waals surface area contributed by atoms with E-state index in [9.17, 15) is 0 Å². The number of hydrogen-bond acceptors (Lipinski definition) is 3. The summed E-state index contributed by atoms with van der Waals surface area (Å²) in [5.41, 5.74) is 5.39. The minimum Gasteiger partial charge on any atom is -0.363 e. The van der Waals surface area contributed by atoms with Crippen LogP contribution < -0.4 is 10.2 Å². The standard InChI is InChI=1S/C18H26N4/c1-13-16(18(21(2)3)22(4)20-13)12-19-17-11-7-9-14-8-5-6-10-15(14)17/h5-6,8,10,17,19H,7,9,11-12H2,1-4H3.